The Bertz CT molecular complexity index is 881. The predicted molar refractivity (Wildman–Crippen MR) is 111 cm³/mol. The van der Waals surface area contributed by atoms with E-state index in [-0.39, 0.29) is 0 Å². The average Bonchev–Trinajstić information content (AvgIpc) is 3.23. The smallest absolute Gasteiger partial charge is 0.227 e. The molecule has 0 aromatic carbocycles. The van der Waals surface area contributed by atoms with Gasteiger partial charge in [-0.2, -0.15) is 10.2 Å². The molecule has 2 aliphatic rings. The molecule has 9 heteroatoms. The van der Waals surface area contributed by atoms with E-state index in [1.165, 1.54) is 0 Å². The molecular formula is C19H22BrN7O. The number of anilines is 3. The van der Waals surface area contributed by atoms with Gasteiger partial charge in [0.2, 0.25) is 5.95 Å². The van der Waals surface area contributed by atoms with Gasteiger partial charge < -0.3 is 19.4 Å². The van der Waals surface area contributed by atoms with Crippen LogP contribution in [0.1, 0.15) is 12.0 Å². The number of hydrogen-bond donors (Lipinski definition) is 0. The first-order chi connectivity index (χ1) is 13.7. The maximum Gasteiger partial charge on any atom is 0.227 e. The number of ether oxygens (including phenoxy) is 1. The molecule has 0 N–H and O–H groups in total. The van der Waals surface area contributed by atoms with Gasteiger partial charge in [-0.25, -0.2) is 9.97 Å². The van der Waals surface area contributed by atoms with Gasteiger partial charge in [-0.3, -0.25) is 0 Å². The normalized spacial score (nSPS) is 19.5. The first-order valence-corrected chi connectivity index (χ1v) is 10.1. The van der Waals surface area contributed by atoms with E-state index in [4.69, 9.17) is 9.72 Å². The van der Waals surface area contributed by atoms with Crippen LogP contribution in [0.4, 0.5) is 17.6 Å². The first-order valence-electron chi connectivity index (χ1n) is 9.35. The van der Waals surface area contributed by atoms with Crippen molar-refractivity contribution in [2.45, 2.75) is 12.5 Å². The summed E-state index contributed by atoms with van der Waals surface area (Å²) >= 11 is 3.38. The Balaban J connectivity index is 1.48. The summed E-state index contributed by atoms with van der Waals surface area (Å²) in [5.74, 6) is 2.41. The van der Waals surface area contributed by atoms with Crippen LogP contribution in [0.3, 0.4) is 0 Å². The molecule has 2 aliphatic heterocycles. The monoisotopic (exact) mass is 443 g/mol. The van der Waals surface area contributed by atoms with Gasteiger partial charge in [-0.05, 0) is 34.5 Å². The largest absolute Gasteiger partial charge is 0.378 e. The molecule has 0 aliphatic carbocycles. The van der Waals surface area contributed by atoms with Crippen molar-refractivity contribution in [3.8, 4) is 6.07 Å². The summed E-state index contributed by atoms with van der Waals surface area (Å²) in [6, 6.07) is 6.31. The van der Waals surface area contributed by atoms with Crippen LogP contribution < -0.4 is 14.7 Å². The lowest BCUT2D eigenvalue weighted by molar-refractivity contribution is 0.122. The first kappa shape index (κ1) is 18.9. The topological polar surface area (TPSA) is 81.4 Å². The van der Waals surface area contributed by atoms with Crippen molar-refractivity contribution >= 4 is 33.5 Å². The standard InChI is InChI=1S/C19H22BrN7O/c1-25(17-2-4-22-19(24-17)26-6-8-28-9-7-26)16-3-5-27(13-16)18-14(11-21)10-15(20)12-23-18/h2,4,10,12,16H,3,5-9,13H2,1H3. The zero-order valence-corrected chi connectivity index (χ0v) is 17.3. The van der Waals surface area contributed by atoms with E-state index < -0.39 is 0 Å². The van der Waals surface area contributed by atoms with Crippen molar-refractivity contribution in [1.82, 2.24) is 15.0 Å². The summed E-state index contributed by atoms with van der Waals surface area (Å²) in [6.45, 7) is 4.72. The van der Waals surface area contributed by atoms with Crippen LogP contribution in [0.5, 0.6) is 0 Å². The fraction of sp³-hybridized carbons (Fsp3) is 0.474. The molecule has 4 heterocycles. The Morgan fingerprint density at radius 1 is 1.25 bits per heavy atom. The number of morpholine rings is 1. The summed E-state index contributed by atoms with van der Waals surface area (Å²) in [5, 5.41) is 9.43. The zero-order chi connectivity index (χ0) is 19.5. The molecule has 28 heavy (non-hydrogen) atoms. The Morgan fingerprint density at radius 3 is 2.86 bits per heavy atom. The van der Waals surface area contributed by atoms with E-state index in [9.17, 15) is 5.26 Å². The molecule has 4 rings (SSSR count). The van der Waals surface area contributed by atoms with Crippen LogP contribution in [0.25, 0.3) is 0 Å². The number of hydrogen-bond acceptors (Lipinski definition) is 8. The Labute approximate surface area is 172 Å². The van der Waals surface area contributed by atoms with E-state index in [0.29, 0.717) is 24.8 Å². The van der Waals surface area contributed by atoms with Gasteiger partial charge in [0.05, 0.1) is 18.8 Å². The maximum atomic E-state index is 9.43. The predicted octanol–water partition coefficient (Wildman–Crippen LogP) is 2.06. The van der Waals surface area contributed by atoms with Crippen molar-refractivity contribution in [2.24, 2.45) is 0 Å². The maximum absolute atomic E-state index is 9.43. The van der Waals surface area contributed by atoms with Crippen molar-refractivity contribution in [3.05, 3.63) is 34.6 Å². The second-order valence-corrected chi connectivity index (χ2v) is 7.87. The molecule has 0 spiro atoms. The molecule has 146 valence electrons. The third-order valence-electron chi connectivity index (χ3n) is 5.25. The van der Waals surface area contributed by atoms with E-state index >= 15 is 0 Å². The second-order valence-electron chi connectivity index (χ2n) is 6.95. The third kappa shape index (κ3) is 3.88. The van der Waals surface area contributed by atoms with E-state index in [0.717, 1.165) is 54.7 Å². The van der Waals surface area contributed by atoms with Crippen LogP contribution in [-0.4, -0.2) is 67.4 Å². The molecule has 2 fully saturated rings. The van der Waals surface area contributed by atoms with E-state index in [1.807, 2.05) is 18.3 Å². The van der Waals surface area contributed by atoms with Crippen molar-refractivity contribution in [2.75, 3.05) is 61.1 Å². The molecule has 1 atom stereocenters. The fourth-order valence-electron chi connectivity index (χ4n) is 3.66. The van der Waals surface area contributed by atoms with Gasteiger partial charge in [0.1, 0.15) is 17.7 Å². The molecule has 8 nitrogen and oxygen atoms in total. The molecule has 1 unspecified atom stereocenters. The lowest BCUT2D eigenvalue weighted by Gasteiger charge is -2.29. The van der Waals surface area contributed by atoms with Gasteiger partial charge in [0.15, 0.2) is 0 Å². The highest BCUT2D eigenvalue weighted by Crippen LogP contribution is 2.27. The van der Waals surface area contributed by atoms with Gasteiger partial charge in [0, 0.05) is 56.1 Å². The minimum Gasteiger partial charge on any atom is -0.378 e. The summed E-state index contributed by atoms with van der Waals surface area (Å²) in [5.41, 5.74) is 0.592. The molecule has 2 aromatic heterocycles. The number of rotatable bonds is 4. The zero-order valence-electron chi connectivity index (χ0n) is 15.8. The SMILES string of the molecule is CN(c1ccnc(N2CCOCC2)n1)C1CCN(c2ncc(Br)cc2C#N)C1. The van der Waals surface area contributed by atoms with E-state index in [2.05, 4.69) is 53.7 Å². The van der Waals surface area contributed by atoms with Gasteiger partial charge in [-0.1, -0.05) is 0 Å². The Kier molecular flexibility index (Phi) is 5.59. The third-order valence-corrected chi connectivity index (χ3v) is 5.68. The second kappa shape index (κ2) is 8.29. The van der Waals surface area contributed by atoms with Crippen LogP contribution in [0.2, 0.25) is 0 Å². The summed E-state index contributed by atoms with van der Waals surface area (Å²) in [6.07, 6.45) is 4.54. The van der Waals surface area contributed by atoms with Crippen molar-refractivity contribution in [3.63, 3.8) is 0 Å². The molecule has 0 radical (unpaired) electrons. The number of aromatic nitrogens is 3. The summed E-state index contributed by atoms with van der Waals surface area (Å²) in [7, 11) is 2.07. The van der Waals surface area contributed by atoms with Crippen molar-refractivity contribution < 1.29 is 4.74 Å². The fourth-order valence-corrected chi connectivity index (χ4v) is 3.99. The minimum atomic E-state index is 0.296. The van der Waals surface area contributed by atoms with Gasteiger partial charge in [0.25, 0.3) is 0 Å². The molecule has 2 saturated heterocycles. The highest BCUT2D eigenvalue weighted by Gasteiger charge is 2.29. The molecule has 0 bridgehead atoms. The van der Waals surface area contributed by atoms with E-state index in [1.54, 1.807) is 6.20 Å². The number of likely N-dealkylation sites (N-methyl/N-ethyl adjacent to an activating group) is 1. The number of nitrogens with zero attached hydrogens (tertiary/aromatic N) is 7. The van der Waals surface area contributed by atoms with Crippen LogP contribution >= 0.6 is 15.9 Å². The molecule has 0 amide bonds. The quantitative estimate of drug-likeness (QED) is 0.709. The summed E-state index contributed by atoms with van der Waals surface area (Å²) in [4.78, 5) is 20.2. The Morgan fingerprint density at radius 2 is 2.07 bits per heavy atom. The number of nitriles is 1. The van der Waals surface area contributed by atoms with Crippen LogP contribution in [0, 0.1) is 11.3 Å². The van der Waals surface area contributed by atoms with Gasteiger partial charge in [-0.15, -0.1) is 0 Å². The minimum absolute atomic E-state index is 0.296. The molecule has 0 saturated carbocycles. The molecular weight excluding hydrogens is 422 g/mol. The lowest BCUT2D eigenvalue weighted by Crippen LogP contribution is -2.38. The summed E-state index contributed by atoms with van der Waals surface area (Å²) < 4.78 is 6.23. The van der Waals surface area contributed by atoms with Crippen molar-refractivity contribution in [1.29, 1.82) is 5.26 Å². The highest BCUT2D eigenvalue weighted by molar-refractivity contribution is 9.10. The van der Waals surface area contributed by atoms with Crippen LogP contribution in [-0.2, 0) is 4.74 Å². The average molecular weight is 444 g/mol. The van der Waals surface area contributed by atoms with Crippen LogP contribution in [0.15, 0.2) is 29.0 Å². The number of halogens is 1. The van der Waals surface area contributed by atoms with Gasteiger partial charge >= 0.3 is 0 Å². The number of pyridine rings is 1. The Hall–Kier alpha value is -2.44. The molecule has 2 aromatic rings. The highest BCUT2D eigenvalue weighted by atomic mass is 79.9. The lowest BCUT2D eigenvalue weighted by atomic mass is 10.2.